The molecular formula is C16H24N2OS. The lowest BCUT2D eigenvalue weighted by molar-refractivity contribution is 0.316. The van der Waals surface area contributed by atoms with Gasteiger partial charge in [-0.15, -0.1) is 11.3 Å². The molecule has 2 aromatic rings. The zero-order chi connectivity index (χ0) is 14.5. The van der Waals surface area contributed by atoms with E-state index in [1.807, 2.05) is 18.3 Å². The van der Waals surface area contributed by atoms with E-state index in [-0.39, 0.29) is 0 Å². The average molecular weight is 292 g/mol. The van der Waals surface area contributed by atoms with Gasteiger partial charge in [0.25, 0.3) is 0 Å². The van der Waals surface area contributed by atoms with Crippen LogP contribution in [0.15, 0.2) is 22.8 Å². The van der Waals surface area contributed by atoms with E-state index >= 15 is 0 Å². The van der Waals surface area contributed by atoms with Gasteiger partial charge in [0, 0.05) is 35.0 Å². The van der Waals surface area contributed by atoms with E-state index in [9.17, 15) is 0 Å². The first-order chi connectivity index (χ1) is 9.60. The van der Waals surface area contributed by atoms with Gasteiger partial charge >= 0.3 is 0 Å². The van der Waals surface area contributed by atoms with Gasteiger partial charge in [-0.3, -0.25) is 4.90 Å². The van der Waals surface area contributed by atoms with Crippen molar-refractivity contribution in [3.05, 3.63) is 45.0 Å². The highest BCUT2D eigenvalue weighted by Gasteiger charge is 2.10. The minimum Gasteiger partial charge on any atom is -0.469 e. The van der Waals surface area contributed by atoms with Crippen LogP contribution in [0, 0.1) is 13.8 Å². The van der Waals surface area contributed by atoms with E-state index in [1.165, 1.54) is 20.9 Å². The van der Waals surface area contributed by atoms with Crippen LogP contribution in [0.1, 0.15) is 33.6 Å². The molecule has 0 saturated heterocycles. The Morgan fingerprint density at radius 2 is 2.00 bits per heavy atom. The quantitative estimate of drug-likeness (QED) is 0.843. The van der Waals surface area contributed by atoms with Crippen LogP contribution in [0.25, 0.3) is 0 Å². The normalized spacial score (nSPS) is 11.4. The second-order valence-electron chi connectivity index (χ2n) is 5.25. The van der Waals surface area contributed by atoms with E-state index in [4.69, 9.17) is 4.42 Å². The second kappa shape index (κ2) is 7.07. The molecule has 20 heavy (non-hydrogen) atoms. The molecule has 0 fully saturated rings. The molecule has 2 rings (SSSR count). The number of aryl methyl sites for hydroxylation is 2. The van der Waals surface area contributed by atoms with Crippen LogP contribution in [0.2, 0.25) is 0 Å². The van der Waals surface area contributed by atoms with Crippen molar-refractivity contribution >= 4 is 11.3 Å². The molecular weight excluding hydrogens is 268 g/mol. The van der Waals surface area contributed by atoms with Gasteiger partial charge in [0.15, 0.2) is 0 Å². The van der Waals surface area contributed by atoms with Crippen molar-refractivity contribution in [3.8, 4) is 0 Å². The molecule has 0 aromatic carbocycles. The van der Waals surface area contributed by atoms with Gasteiger partial charge in [0.2, 0.25) is 0 Å². The van der Waals surface area contributed by atoms with Crippen molar-refractivity contribution in [2.24, 2.45) is 0 Å². The molecule has 4 heteroatoms. The fraction of sp³-hybridized carbons (Fsp3) is 0.500. The van der Waals surface area contributed by atoms with Gasteiger partial charge in [0.1, 0.15) is 5.76 Å². The molecule has 0 bridgehead atoms. The van der Waals surface area contributed by atoms with Gasteiger partial charge in [-0.05, 0) is 45.1 Å². The Hall–Kier alpha value is -1.10. The molecule has 0 aliphatic carbocycles. The zero-order valence-electron chi connectivity index (χ0n) is 12.8. The lowest BCUT2D eigenvalue weighted by Gasteiger charge is -2.16. The lowest BCUT2D eigenvalue weighted by Crippen LogP contribution is -2.17. The minimum atomic E-state index is 0.931. The third-order valence-corrected chi connectivity index (χ3v) is 4.56. The van der Waals surface area contributed by atoms with Crippen LogP contribution in [0.3, 0.4) is 0 Å². The van der Waals surface area contributed by atoms with Crippen LogP contribution in [0.5, 0.6) is 0 Å². The molecule has 0 saturated carbocycles. The smallest absolute Gasteiger partial charge is 0.105 e. The summed E-state index contributed by atoms with van der Waals surface area (Å²) in [6.45, 7) is 10.3. The van der Waals surface area contributed by atoms with Gasteiger partial charge < -0.3 is 9.73 Å². The predicted octanol–water partition coefficient (Wildman–Crippen LogP) is 3.70. The van der Waals surface area contributed by atoms with Crippen LogP contribution < -0.4 is 5.32 Å². The number of nitrogens with zero attached hydrogens (tertiary/aromatic N) is 1. The Morgan fingerprint density at radius 1 is 1.25 bits per heavy atom. The molecule has 110 valence electrons. The van der Waals surface area contributed by atoms with Crippen molar-refractivity contribution in [1.82, 2.24) is 10.2 Å². The summed E-state index contributed by atoms with van der Waals surface area (Å²) in [6, 6.07) is 4.39. The van der Waals surface area contributed by atoms with Crippen molar-refractivity contribution in [1.29, 1.82) is 0 Å². The Labute approximate surface area is 125 Å². The maximum absolute atomic E-state index is 5.35. The molecule has 0 atom stereocenters. The SMILES string of the molecule is CCNCc1cc(CN(C)Cc2ccoc2C)c(C)s1. The van der Waals surface area contributed by atoms with E-state index < -0.39 is 0 Å². The van der Waals surface area contributed by atoms with Crippen molar-refractivity contribution in [2.45, 2.75) is 40.4 Å². The maximum Gasteiger partial charge on any atom is 0.105 e. The van der Waals surface area contributed by atoms with E-state index in [1.54, 1.807) is 6.26 Å². The predicted molar refractivity (Wildman–Crippen MR) is 85.1 cm³/mol. The highest BCUT2D eigenvalue weighted by molar-refractivity contribution is 7.12. The first-order valence-corrected chi connectivity index (χ1v) is 7.92. The summed E-state index contributed by atoms with van der Waals surface area (Å²) in [5.41, 5.74) is 2.71. The largest absolute Gasteiger partial charge is 0.469 e. The Bertz CT molecular complexity index is 544. The number of thiophene rings is 1. The lowest BCUT2D eigenvalue weighted by atomic mass is 10.2. The maximum atomic E-state index is 5.35. The molecule has 0 spiro atoms. The zero-order valence-corrected chi connectivity index (χ0v) is 13.6. The van der Waals surface area contributed by atoms with Gasteiger partial charge in [-0.2, -0.15) is 0 Å². The average Bonchev–Trinajstić information content (AvgIpc) is 2.95. The summed E-state index contributed by atoms with van der Waals surface area (Å²) in [6.07, 6.45) is 1.77. The van der Waals surface area contributed by atoms with Crippen LogP contribution in [0.4, 0.5) is 0 Å². The van der Waals surface area contributed by atoms with Crippen LogP contribution in [-0.4, -0.2) is 18.5 Å². The summed E-state index contributed by atoms with van der Waals surface area (Å²) in [4.78, 5) is 5.19. The van der Waals surface area contributed by atoms with E-state index in [0.29, 0.717) is 0 Å². The number of furan rings is 1. The molecule has 0 radical (unpaired) electrons. The summed E-state index contributed by atoms with van der Waals surface area (Å²) >= 11 is 1.90. The first-order valence-electron chi connectivity index (χ1n) is 7.10. The Morgan fingerprint density at radius 3 is 2.65 bits per heavy atom. The topological polar surface area (TPSA) is 28.4 Å². The van der Waals surface area contributed by atoms with Gasteiger partial charge in [-0.25, -0.2) is 0 Å². The molecule has 0 amide bonds. The highest BCUT2D eigenvalue weighted by atomic mass is 32.1. The molecule has 0 unspecified atom stereocenters. The molecule has 3 nitrogen and oxygen atoms in total. The van der Waals surface area contributed by atoms with Crippen molar-refractivity contribution < 1.29 is 4.42 Å². The van der Waals surface area contributed by atoms with Gasteiger partial charge in [0.05, 0.1) is 6.26 Å². The standard InChI is InChI=1S/C16H24N2OS/c1-5-17-9-16-8-15(13(3)20-16)11-18(4)10-14-6-7-19-12(14)2/h6-8,17H,5,9-11H2,1-4H3. The summed E-state index contributed by atoms with van der Waals surface area (Å²) in [5.74, 6) is 1.02. The minimum absolute atomic E-state index is 0.931. The molecule has 2 aromatic heterocycles. The molecule has 1 N–H and O–H groups in total. The highest BCUT2D eigenvalue weighted by Crippen LogP contribution is 2.23. The number of rotatable bonds is 7. The Balaban J connectivity index is 1.95. The van der Waals surface area contributed by atoms with E-state index in [0.717, 1.165) is 31.9 Å². The fourth-order valence-electron chi connectivity index (χ4n) is 2.29. The number of nitrogens with one attached hydrogen (secondary N) is 1. The van der Waals surface area contributed by atoms with Gasteiger partial charge in [-0.1, -0.05) is 6.92 Å². The first kappa shape index (κ1) is 15.3. The molecule has 2 heterocycles. The summed E-state index contributed by atoms with van der Waals surface area (Å²) in [5, 5.41) is 3.39. The summed E-state index contributed by atoms with van der Waals surface area (Å²) in [7, 11) is 2.16. The molecule has 0 aliphatic rings. The third kappa shape index (κ3) is 3.95. The summed E-state index contributed by atoms with van der Waals surface area (Å²) < 4.78 is 5.35. The Kier molecular flexibility index (Phi) is 5.40. The number of hydrogen-bond donors (Lipinski definition) is 1. The van der Waals surface area contributed by atoms with E-state index in [2.05, 4.69) is 43.2 Å². The van der Waals surface area contributed by atoms with Crippen LogP contribution in [-0.2, 0) is 19.6 Å². The monoisotopic (exact) mass is 292 g/mol. The van der Waals surface area contributed by atoms with Crippen LogP contribution >= 0.6 is 11.3 Å². The van der Waals surface area contributed by atoms with Crippen molar-refractivity contribution in [2.75, 3.05) is 13.6 Å². The number of hydrogen-bond acceptors (Lipinski definition) is 4. The second-order valence-corrected chi connectivity index (χ2v) is 6.59. The van der Waals surface area contributed by atoms with Crippen molar-refractivity contribution in [3.63, 3.8) is 0 Å². The molecule has 0 aliphatic heterocycles. The fourth-order valence-corrected chi connectivity index (χ4v) is 3.32. The third-order valence-electron chi connectivity index (χ3n) is 3.47.